The van der Waals surface area contributed by atoms with E-state index in [1.165, 1.54) is 11.0 Å². The third-order valence-electron chi connectivity index (χ3n) is 3.46. The molecule has 7 heteroatoms. The van der Waals surface area contributed by atoms with Crippen molar-refractivity contribution in [2.24, 2.45) is 0 Å². The molecule has 22 heavy (non-hydrogen) atoms. The molecule has 1 fully saturated rings. The highest BCUT2D eigenvalue weighted by Gasteiger charge is 2.34. The van der Waals surface area contributed by atoms with Crippen molar-refractivity contribution >= 4 is 11.9 Å². The fourth-order valence-corrected chi connectivity index (χ4v) is 2.31. The average Bonchev–Trinajstić information content (AvgIpc) is 3.05. The van der Waals surface area contributed by atoms with Gasteiger partial charge in [-0.2, -0.15) is 0 Å². The van der Waals surface area contributed by atoms with Gasteiger partial charge in [-0.25, -0.2) is 4.79 Å². The number of carboxylic acids is 1. The molecule has 2 heterocycles. The summed E-state index contributed by atoms with van der Waals surface area (Å²) in [6.07, 6.45) is 0. The van der Waals surface area contributed by atoms with Gasteiger partial charge in [0.2, 0.25) is 5.76 Å². The van der Waals surface area contributed by atoms with Crippen molar-refractivity contribution in [3.8, 4) is 11.3 Å². The first-order chi connectivity index (χ1) is 10.7. The summed E-state index contributed by atoms with van der Waals surface area (Å²) in [4.78, 5) is 24.9. The lowest BCUT2D eigenvalue weighted by Gasteiger charge is -2.31. The van der Waals surface area contributed by atoms with E-state index >= 15 is 0 Å². The lowest BCUT2D eigenvalue weighted by Crippen LogP contribution is -2.52. The maximum Gasteiger partial charge on any atom is 0.328 e. The first kappa shape index (κ1) is 14.3. The second-order valence-electron chi connectivity index (χ2n) is 4.87. The molecule has 0 radical (unpaired) electrons. The van der Waals surface area contributed by atoms with Gasteiger partial charge < -0.3 is 19.3 Å². The van der Waals surface area contributed by atoms with E-state index in [9.17, 15) is 9.59 Å². The van der Waals surface area contributed by atoms with Crippen LogP contribution in [0.5, 0.6) is 0 Å². The maximum atomic E-state index is 12.4. The Balaban J connectivity index is 1.83. The van der Waals surface area contributed by atoms with Crippen LogP contribution in [0.3, 0.4) is 0 Å². The van der Waals surface area contributed by atoms with Gasteiger partial charge in [-0.15, -0.1) is 0 Å². The molecule has 0 aliphatic carbocycles. The summed E-state index contributed by atoms with van der Waals surface area (Å²) in [5, 5.41) is 13.0. The molecule has 1 atom stereocenters. The van der Waals surface area contributed by atoms with E-state index in [1.807, 2.05) is 30.3 Å². The van der Waals surface area contributed by atoms with Crippen LogP contribution in [-0.4, -0.2) is 52.8 Å². The molecule has 7 nitrogen and oxygen atoms in total. The van der Waals surface area contributed by atoms with Crippen molar-refractivity contribution < 1.29 is 24.0 Å². The zero-order valence-electron chi connectivity index (χ0n) is 11.6. The highest BCUT2D eigenvalue weighted by molar-refractivity contribution is 5.95. The maximum absolute atomic E-state index is 12.4. The number of benzene rings is 1. The molecule has 3 rings (SSSR count). The molecule has 1 aromatic heterocycles. The van der Waals surface area contributed by atoms with Gasteiger partial charge in [0.15, 0.2) is 6.04 Å². The van der Waals surface area contributed by atoms with Gasteiger partial charge in [-0.1, -0.05) is 35.5 Å². The number of ether oxygens (including phenoxy) is 1. The SMILES string of the molecule is O=C(O)[C@@H]1COCCN1C(=O)c1cc(-c2ccccc2)no1. The van der Waals surface area contributed by atoms with E-state index in [4.69, 9.17) is 14.4 Å². The number of morpholine rings is 1. The molecule has 0 bridgehead atoms. The third-order valence-corrected chi connectivity index (χ3v) is 3.46. The molecule has 114 valence electrons. The van der Waals surface area contributed by atoms with Crippen molar-refractivity contribution in [3.05, 3.63) is 42.2 Å². The predicted octanol–water partition coefficient (Wildman–Crippen LogP) is 1.27. The van der Waals surface area contributed by atoms with Crippen LogP contribution in [0.2, 0.25) is 0 Å². The number of hydrogen-bond donors (Lipinski definition) is 1. The molecular weight excluding hydrogens is 288 g/mol. The zero-order valence-corrected chi connectivity index (χ0v) is 11.6. The number of aliphatic carboxylic acids is 1. The molecule has 1 aliphatic heterocycles. The number of amides is 1. The Bertz CT molecular complexity index is 682. The third kappa shape index (κ3) is 2.71. The molecule has 1 aliphatic rings. The second kappa shape index (κ2) is 5.98. The van der Waals surface area contributed by atoms with Crippen LogP contribution in [0.1, 0.15) is 10.6 Å². The van der Waals surface area contributed by atoms with E-state index in [-0.39, 0.29) is 18.9 Å². The summed E-state index contributed by atoms with van der Waals surface area (Å²) in [5.74, 6) is -1.58. The van der Waals surface area contributed by atoms with Gasteiger partial charge in [-0.3, -0.25) is 4.79 Å². The smallest absolute Gasteiger partial charge is 0.328 e. The molecule has 2 aromatic rings. The number of rotatable bonds is 3. The molecule has 0 unspecified atom stereocenters. The second-order valence-corrected chi connectivity index (χ2v) is 4.87. The zero-order chi connectivity index (χ0) is 15.5. The van der Waals surface area contributed by atoms with Crippen LogP contribution in [0.25, 0.3) is 11.3 Å². The molecule has 1 saturated heterocycles. The molecular formula is C15H14N2O5. The van der Waals surface area contributed by atoms with Crippen molar-refractivity contribution in [3.63, 3.8) is 0 Å². The van der Waals surface area contributed by atoms with Gasteiger partial charge in [0.1, 0.15) is 5.69 Å². The Labute approximate surface area is 126 Å². The van der Waals surface area contributed by atoms with Crippen LogP contribution in [0.4, 0.5) is 0 Å². The molecule has 1 aromatic carbocycles. The van der Waals surface area contributed by atoms with Crippen LogP contribution in [0, 0.1) is 0 Å². The molecule has 1 N–H and O–H groups in total. The van der Waals surface area contributed by atoms with Gasteiger partial charge in [0.05, 0.1) is 13.2 Å². The minimum absolute atomic E-state index is 0.0204. The van der Waals surface area contributed by atoms with Crippen LogP contribution in [-0.2, 0) is 9.53 Å². The Morgan fingerprint density at radius 2 is 2.05 bits per heavy atom. The number of carbonyl (C=O) groups excluding carboxylic acids is 1. The number of carboxylic acid groups (broad SMARTS) is 1. The average molecular weight is 302 g/mol. The minimum Gasteiger partial charge on any atom is -0.480 e. The minimum atomic E-state index is -1.10. The lowest BCUT2D eigenvalue weighted by atomic mass is 10.1. The van der Waals surface area contributed by atoms with Gasteiger partial charge in [-0.05, 0) is 0 Å². The van der Waals surface area contributed by atoms with Crippen molar-refractivity contribution in [2.75, 3.05) is 19.8 Å². The van der Waals surface area contributed by atoms with E-state index in [2.05, 4.69) is 5.16 Å². The van der Waals surface area contributed by atoms with Crippen LogP contribution >= 0.6 is 0 Å². The Morgan fingerprint density at radius 1 is 1.27 bits per heavy atom. The van der Waals surface area contributed by atoms with Gasteiger partial charge in [0, 0.05) is 18.2 Å². The van der Waals surface area contributed by atoms with E-state index < -0.39 is 17.9 Å². The first-order valence-electron chi connectivity index (χ1n) is 6.80. The summed E-state index contributed by atoms with van der Waals surface area (Å²) in [6, 6.07) is 9.79. The lowest BCUT2D eigenvalue weighted by molar-refractivity contribution is -0.147. The van der Waals surface area contributed by atoms with Crippen molar-refractivity contribution in [1.82, 2.24) is 10.1 Å². The fraction of sp³-hybridized carbons (Fsp3) is 0.267. The highest BCUT2D eigenvalue weighted by atomic mass is 16.5. The van der Waals surface area contributed by atoms with E-state index in [0.717, 1.165) is 5.56 Å². The molecule has 0 spiro atoms. The predicted molar refractivity (Wildman–Crippen MR) is 75.2 cm³/mol. The molecule has 1 amide bonds. The standard InChI is InChI=1S/C15H14N2O5/c18-14(17-6-7-21-9-12(17)15(19)20)13-8-11(16-22-13)10-4-2-1-3-5-10/h1-5,8,12H,6-7,9H2,(H,19,20)/t12-/m0/s1. The summed E-state index contributed by atoms with van der Waals surface area (Å²) < 4.78 is 10.2. The quantitative estimate of drug-likeness (QED) is 0.917. The van der Waals surface area contributed by atoms with E-state index in [1.54, 1.807) is 0 Å². The Morgan fingerprint density at radius 3 is 2.77 bits per heavy atom. The fourth-order valence-electron chi connectivity index (χ4n) is 2.31. The van der Waals surface area contributed by atoms with Crippen molar-refractivity contribution in [1.29, 1.82) is 0 Å². The number of carbonyl (C=O) groups is 2. The topological polar surface area (TPSA) is 92.9 Å². The normalized spacial score (nSPS) is 18.2. The van der Waals surface area contributed by atoms with Crippen LogP contribution in [0.15, 0.2) is 40.9 Å². The first-order valence-corrected chi connectivity index (χ1v) is 6.80. The number of hydrogen-bond acceptors (Lipinski definition) is 5. The van der Waals surface area contributed by atoms with E-state index in [0.29, 0.717) is 12.3 Å². The number of nitrogens with zero attached hydrogens (tertiary/aromatic N) is 2. The number of aromatic nitrogens is 1. The summed E-state index contributed by atoms with van der Waals surface area (Å²) in [7, 11) is 0. The van der Waals surface area contributed by atoms with Crippen LogP contribution < -0.4 is 0 Å². The summed E-state index contributed by atoms with van der Waals surface area (Å²) in [5.41, 5.74) is 1.35. The van der Waals surface area contributed by atoms with Gasteiger partial charge >= 0.3 is 5.97 Å². The van der Waals surface area contributed by atoms with Gasteiger partial charge in [0.25, 0.3) is 5.91 Å². The molecule has 0 saturated carbocycles. The van der Waals surface area contributed by atoms with Crippen molar-refractivity contribution in [2.45, 2.75) is 6.04 Å². The monoisotopic (exact) mass is 302 g/mol. The summed E-state index contributed by atoms with van der Waals surface area (Å²) >= 11 is 0. The Kier molecular flexibility index (Phi) is 3.88. The summed E-state index contributed by atoms with van der Waals surface area (Å²) in [6.45, 7) is 0.479. The Hall–Kier alpha value is -2.67. The highest BCUT2D eigenvalue weighted by Crippen LogP contribution is 2.20. The largest absolute Gasteiger partial charge is 0.480 e.